The first-order valence-corrected chi connectivity index (χ1v) is 11.3. The number of amides is 1. The van der Waals surface area contributed by atoms with Crippen LogP contribution in [0.25, 0.3) is 11.3 Å². The van der Waals surface area contributed by atoms with Gasteiger partial charge in [-0.3, -0.25) is 4.79 Å². The molecule has 1 aromatic carbocycles. The lowest BCUT2D eigenvalue weighted by Gasteiger charge is -2.21. The molecule has 5 heteroatoms. The third kappa shape index (κ3) is 5.74. The molecule has 0 radical (unpaired) electrons. The number of hydrogen-bond donors (Lipinski definition) is 1. The molecule has 1 aliphatic rings. The number of rotatable bonds is 7. The van der Waals surface area contributed by atoms with E-state index in [-0.39, 0.29) is 11.9 Å². The van der Waals surface area contributed by atoms with Crippen LogP contribution in [0.5, 0.6) is 0 Å². The Bertz CT molecular complexity index is 834. The third-order valence-corrected chi connectivity index (χ3v) is 5.96. The van der Waals surface area contributed by atoms with Gasteiger partial charge in [0, 0.05) is 30.4 Å². The van der Waals surface area contributed by atoms with Gasteiger partial charge in [-0.15, -0.1) is 0 Å². The predicted octanol–water partition coefficient (Wildman–Crippen LogP) is 5.26. The molecule has 3 rings (SSSR count). The Morgan fingerprint density at radius 2 is 1.73 bits per heavy atom. The fraction of sp³-hybridized carbons (Fsp3) is 0.520. The molecule has 162 valence electrons. The van der Waals surface area contributed by atoms with Gasteiger partial charge in [-0.1, -0.05) is 62.4 Å². The number of aromatic nitrogens is 1. The van der Waals surface area contributed by atoms with Gasteiger partial charge in [0.15, 0.2) is 0 Å². The molecular formula is C25H34N2O3. The minimum Gasteiger partial charge on any atom is -0.462 e. The number of hydrogen-bond acceptors (Lipinski definition) is 3. The highest BCUT2D eigenvalue weighted by atomic mass is 16.5. The first-order chi connectivity index (χ1) is 14.6. The van der Waals surface area contributed by atoms with E-state index in [1.807, 2.05) is 50.2 Å². The zero-order valence-electron chi connectivity index (χ0n) is 18.3. The Hall–Kier alpha value is -2.56. The predicted molar refractivity (Wildman–Crippen MR) is 119 cm³/mol. The lowest BCUT2D eigenvalue weighted by Crippen LogP contribution is -2.35. The second-order valence-electron chi connectivity index (χ2n) is 8.13. The molecule has 0 spiro atoms. The zero-order valence-corrected chi connectivity index (χ0v) is 18.3. The van der Waals surface area contributed by atoms with Gasteiger partial charge in [0.2, 0.25) is 5.91 Å². The van der Waals surface area contributed by atoms with Crippen LogP contribution in [-0.2, 0) is 16.1 Å². The molecule has 1 aromatic heterocycles. The van der Waals surface area contributed by atoms with Crippen LogP contribution in [-0.4, -0.2) is 29.1 Å². The van der Waals surface area contributed by atoms with Crippen LogP contribution in [0.2, 0.25) is 0 Å². The average molecular weight is 411 g/mol. The number of benzene rings is 1. The maximum Gasteiger partial charge on any atom is 0.339 e. The summed E-state index contributed by atoms with van der Waals surface area (Å²) in [7, 11) is 0. The summed E-state index contributed by atoms with van der Waals surface area (Å²) in [5, 5.41) is 3.24. The Morgan fingerprint density at radius 3 is 2.40 bits per heavy atom. The van der Waals surface area contributed by atoms with E-state index in [0.29, 0.717) is 31.2 Å². The molecule has 0 atom stereocenters. The highest BCUT2D eigenvalue weighted by molar-refractivity contribution is 5.92. The Morgan fingerprint density at radius 1 is 1.07 bits per heavy atom. The maximum absolute atomic E-state index is 12.7. The summed E-state index contributed by atoms with van der Waals surface area (Å²) in [6.45, 7) is 4.61. The van der Waals surface area contributed by atoms with E-state index in [4.69, 9.17) is 4.74 Å². The second kappa shape index (κ2) is 11.0. The molecule has 5 nitrogen and oxygen atoms in total. The van der Waals surface area contributed by atoms with E-state index in [1.54, 1.807) is 0 Å². The Labute approximate surface area is 179 Å². The molecule has 0 unspecified atom stereocenters. The van der Waals surface area contributed by atoms with Crippen LogP contribution in [0.3, 0.4) is 0 Å². The lowest BCUT2D eigenvalue weighted by atomic mass is 9.96. The summed E-state index contributed by atoms with van der Waals surface area (Å²) in [5.41, 5.74) is 3.37. The lowest BCUT2D eigenvalue weighted by molar-refractivity contribution is -0.122. The second-order valence-corrected chi connectivity index (χ2v) is 8.13. The van der Waals surface area contributed by atoms with Gasteiger partial charge in [-0.05, 0) is 38.3 Å². The number of nitrogens with zero attached hydrogens (tertiary/aromatic N) is 1. The molecule has 1 N–H and O–H groups in total. The van der Waals surface area contributed by atoms with E-state index in [9.17, 15) is 9.59 Å². The van der Waals surface area contributed by atoms with Crippen LogP contribution in [0.15, 0.2) is 36.4 Å². The number of carbonyl (C=O) groups is 2. The number of carbonyl (C=O) groups excluding carboxylic acids is 2. The molecule has 1 fully saturated rings. The van der Waals surface area contributed by atoms with Crippen molar-refractivity contribution in [2.75, 3.05) is 6.61 Å². The number of ether oxygens (including phenoxy) is 1. The SMILES string of the molecule is CCOC(=O)c1cc(-c2ccccc2)n(CCC(=O)NC2CCCCCCC2)c1C. The molecular weight excluding hydrogens is 376 g/mol. The highest BCUT2D eigenvalue weighted by Crippen LogP contribution is 2.27. The van der Waals surface area contributed by atoms with E-state index < -0.39 is 0 Å². The van der Waals surface area contributed by atoms with Crippen LogP contribution in [0.1, 0.15) is 74.3 Å². The van der Waals surface area contributed by atoms with Crippen LogP contribution in [0, 0.1) is 6.92 Å². The third-order valence-electron chi connectivity index (χ3n) is 5.96. The van der Waals surface area contributed by atoms with Crippen molar-refractivity contribution in [2.45, 2.75) is 77.8 Å². The molecule has 1 aliphatic carbocycles. The van der Waals surface area contributed by atoms with E-state index in [1.165, 1.54) is 32.1 Å². The van der Waals surface area contributed by atoms with E-state index in [2.05, 4.69) is 9.88 Å². The van der Waals surface area contributed by atoms with Gasteiger partial charge < -0.3 is 14.6 Å². The molecule has 1 amide bonds. The van der Waals surface area contributed by atoms with Crippen molar-refractivity contribution in [2.24, 2.45) is 0 Å². The number of nitrogens with one attached hydrogen (secondary N) is 1. The Balaban J connectivity index is 1.73. The summed E-state index contributed by atoms with van der Waals surface area (Å²) < 4.78 is 7.30. The van der Waals surface area contributed by atoms with Crippen molar-refractivity contribution in [1.82, 2.24) is 9.88 Å². The zero-order chi connectivity index (χ0) is 21.3. The highest BCUT2D eigenvalue weighted by Gasteiger charge is 2.20. The smallest absolute Gasteiger partial charge is 0.339 e. The van der Waals surface area contributed by atoms with Gasteiger partial charge in [-0.25, -0.2) is 4.79 Å². The topological polar surface area (TPSA) is 60.3 Å². The van der Waals surface area contributed by atoms with Gasteiger partial charge in [0.25, 0.3) is 0 Å². The van der Waals surface area contributed by atoms with Crippen LogP contribution < -0.4 is 5.32 Å². The monoisotopic (exact) mass is 410 g/mol. The molecule has 0 aliphatic heterocycles. The molecule has 1 heterocycles. The summed E-state index contributed by atoms with van der Waals surface area (Å²) in [4.78, 5) is 25.1. The van der Waals surface area contributed by atoms with Crippen molar-refractivity contribution in [3.63, 3.8) is 0 Å². The molecule has 30 heavy (non-hydrogen) atoms. The fourth-order valence-electron chi connectivity index (χ4n) is 4.31. The van der Waals surface area contributed by atoms with Gasteiger partial charge in [0.05, 0.1) is 12.2 Å². The normalized spacial score (nSPS) is 15.3. The van der Waals surface area contributed by atoms with Gasteiger partial charge in [-0.2, -0.15) is 0 Å². The maximum atomic E-state index is 12.7. The quantitative estimate of drug-likeness (QED) is 0.634. The van der Waals surface area contributed by atoms with Crippen LogP contribution in [0.4, 0.5) is 0 Å². The summed E-state index contributed by atoms with van der Waals surface area (Å²) in [6, 6.07) is 12.2. The van der Waals surface area contributed by atoms with Crippen molar-refractivity contribution < 1.29 is 14.3 Å². The van der Waals surface area contributed by atoms with Gasteiger partial charge >= 0.3 is 5.97 Å². The minimum absolute atomic E-state index is 0.0883. The van der Waals surface area contributed by atoms with Crippen LogP contribution >= 0.6 is 0 Å². The summed E-state index contributed by atoms with van der Waals surface area (Å²) in [5.74, 6) is -0.227. The van der Waals surface area contributed by atoms with Gasteiger partial charge in [0.1, 0.15) is 0 Å². The Kier molecular flexibility index (Phi) is 8.12. The molecule has 0 bridgehead atoms. The summed E-state index contributed by atoms with van der Waals surface area (Å²) in [6.07, 6.45) is 8.81. The van der Waals surface area contributed by atoms with Crippen molar-refractivity contribution in [3.05, 3.63) is 47.7 Å². The number of esters is 1. The first-order valence-electron chi connectivity index (χ1n) is 11.3. The largest absolute Gasteiger partial charge is 0.462 e. The van der Waals surface area contributed by atoms with Crippen molar-refractivity contribution >= 4 is 11.9 Å². The molecule has 1 saturated carbocycles. The van der Waals surface area contributed by atoms with Crippen molar-refractivity contribution in [3.8, 4) is 11.3 Å². The molecule has 2 aromatic rings. The fourth-order valence-corrected chi connectivity index (χ4v) is 4.31. The summed E-state index contributed by atoms with van der Waals surface area (Å²) >= 11 is 0. The van der Waals surface area contributed by atoms with Crippen molar-refractivity contribution in [1.29, 1.82) is 0 Å². The van der Waals surface area contributed by atoms with E-state index in [0.717, 1.165) is 29.8 Å². The minimum atomic E-state index is -0.315. The first kappa shape index (κ1) is 22.1. The average Bonchev–Trinajstić information content (AvgIpc) is 3.05. The standard InChI is InChI=1S/C25H34N2O3/c1-3-30-25(29)22-18-23(20-12-8-7-9-13-20)27(19(22)2)17-16-24(28)26-21-14-10-5-4-6-11-15-21/h7-9,12-13,18,21H,3-6,10-11,14-17H2,1-2H3,(H,26,28). The van der Waals surface area contributed by atoms with E-state index >= 15 is 0 Å². The molecule has 0 saturated heterocycles.